The summed E-state index contributed by atoms with van der Waals surface area (Å²) in [7, 11) is 3.76. The third-order valence-electron chi connectivity index (χ3n) is 5.60. The molecular weight excluding hydrogens is 318 g/mol. The molecule has 25 heavy (non-hydrogen) atoms. The van der Waals surface area contributed by atoms with Crippen LogP contribution in [0.4, 0.5) is 0 Å². The predicted molar refractivity (Wildman–Crippen MR) is 97.4 cm³/mol. The van der Waals surface area contributed by atoms with Crippen LogP contribution in [0.5, 0.6) is 0 Å². The molecule has 0 amide bonds. The molecule has 0 radical (unpaired) electrons. The van der Waals surface area contributed by atoms with Crippen LogP contribution in [-0.4, -0.2) is 65.6 Å². The number of aromatic nitrogens is 2. The van der Waals surface area contributed by atoms with Gasteiger partial charge >= 0.3 is 0 Å². The molecule has 1 unspecified atom stereocenters. The summed E-state index contributed by atoms with van der Waals surface area (Å²) >= 11 is 0. The Hall–Kier alpha value is -1.60. The summed E-state index contributed by atoms with van der Waals surface area (Å²) in [6.07, 6.45) is 9.70. The first-order valence-corrected chi connectivity index (χ1v) is 9.32. The van der Waals surface area contributed by atoms with E-state index in [1.54, 1.807) is 0 Å². The SMILES string of the molecule is CN=C(NCC1(CCO)CCCC1)N1CCOC(c2cnn(C)c2)C1. The van der Waals surface area contributed by atoms with Gasteiger partial charge in [0.25, 0.3) is 0 Å². The maximum Gasteiger partial charge on any atom is 0.193 e. The van der Waals surface area contributed by atoms with Crippen molar-refractivity contribution < 1.29 is 9.84 Å². The summed E-state index contributed by atoms with van der Waals surface area (Å²) in [6.45, 7) is 3.44. The Morgan fingerprint density at radius 1 is 1.48 bits per heavy atom. The van der Waals surface area contributed by atoms with E-state index in [1.165, 1.54) is 25.7 Å². The van der Waals surface area contributed by atoms with Crippen LogP contribution in [0.1, 0.15) is 43.8 Å². The van der Waals surface area contributed by atoms with Gasteiger partial charge in [-0.1, -0.05) is 12.8 Å². The first-order chi connectivity index (χ1) is 12.2. The number of nitrogens with one attached hydrogen (secondary N) is 1. The summed E-state index contributed by atoms with van der Waals surface area (Å²) in [6, 6.07) is 0. The van der Waals surface area contributed by atoms with Gasteiger partial charge in [-0.2, -0.15) is 5.10 Å². The van der Waals surface area contributed by atoms with Gasteiger partial charge in [0.15, 0.2) is 5.96 Å². The maximum atomic E-state index is 9.43. The highest BCUT2D eigenvalue weighted by Crippen LogP contribution is 2.40. The van der Waals surface area contributed by atoms with Crippen molar-refractivity contribution in [1.29, 1.82) is 0 Å². The minimum Gasteiger partial charge on any atom is -0.396 e. The van der Waals surface area contributed by atoms with E-state index in [1.807, 2.05) is 31.2 Å². The Morgan fingerprint density at radius 2 is 2.28 bits per heavy atom. The molecule has 140 valence electrons. The number of guanidine groups is 1. The molecule has 1 aliphatic heterocycles. The molecule has 1 aromatic heterocycles. The second-order valence-corrected chi connectivity index (χ2v) is 7.33. The number of aliphatic hydroxyl groups is 1. The molecule has 2 aliphatic rings. The van der Waals surface area contributed by atoms with Gasteiger partial charge in [-0.3, -0.25) is 9.67 Å². The van der Waals surface area contributed by atoms with Crippen LogP contribution in [0.15, 0.2) is 17.4 Å². The number of hydrogen-bond donors (Lipinski definition) is 2. The lowest BCUT2D eigenvalue weighted by molar-refractivity contribution is -0.00824. The normalized spacial score (nSPS) is 23.9. The summed E-state index contributed by atoms with van der Waals surface area (Å²) < 4.78 is 7.74. The van der Waals surface area contributed by atoms with E-state index in [9.17, 15) is 5.11 Å². The molecule has 0 aromatic carbocycles. The van der Waals surface area contributed by atoms with Crippen LogP contribution in [0, 0.1) is 5.41 Å². The Labute approximate surface area is 150 Å². The summed E-state index contributed by atoms with van der Waals surface area (Å²) in [4.78, 5) is 6.76. The highest BCUT2D eigenvalue weighted by atomic mass is 16.5. The maximum absolute atomic E-state index is 9.43. The van der Waals surface area contributed by atoms with Crippen LogP contribution < -0.4 is 5.32 Å². The minimum atomic E-state index is 0.0267. The first-order valence-electron chi connectivity index (χ1n) is 9.32. The van der Waals surface area contributed by atoms with Gasteiger partial charge < -0.3 is 20.1 Å². The molecule has 1 atom stereocenters. The number of morpholine rings is 1. The number of hydrogen-bond acceptors (Lipinski definition) is 4. The minimum absolute atomic E-state index is 0.0267. The van der Waals surface area contributed by atoms with E-state index < -0.39 is 0 Å². The van der Waals surface area contributed by atoms with E-state index in [-0.39, 0.29) is 18.1 Å². The van der Waals surface area contributed by atoms with Crippen LogP contribution in [0.25, 0.3) is 0 Å². The largest absolute Gasteiger partial charge is 0.396 e. The number of aliphatic hydroxyl groups excluding tert-OH is 1. The van der Waals surface area contributed by atoms with Crippen molar-refractivity contribution >= 4 is 5.96 Å². The lowest BCUT2D eigenvalue weighted by Crippen LogP contribution is -2.50. The van der Waals surface area contributed by atoms with E-state index >= 15 is 0 Å². The lowest BCUT2D eigenvalue weighted by atomic mass is 9.83. The summed E-state index contributed by atoms with van der Waals surface area (Å²) in [5.41, 5.74) is 1.33. The fourth-order valence-electron chi connectivity index (χ4n) is 4.13. The van der Waals surface area contributed by atoms with Gasteiger partial charge in [-0.25, -0.2) is 0 Å². The van der Waals surface area contributed by atoms with E-state index in [0.29, 0.717) is 6.61 Å². The Morgan fingerprint density at radius 3 is 2.92 bits per heavy atom. The molecule has 1 saturated carbocycles. The van der Waals surface area contributed by atoms with E-state index in [2.05, 4.69) is 20.3 Å². The predicted octanol–water partition coefficient (Wildman–Crippen LogP) is 1.31. The van der Waals surface area contributed by atoms with Crippen LogP contribution in [0.2, 0.25) is 0 Å². The number of aryl methyl sites for hydroxylation is 1. The van der Waals surface area contributed by atoms with Gasteiger partial charge in [0.05, 0.1) is 19.3 Å². The van der Waals surface area contributed by atoms with Gasteiger partial charge in [0.1, 0.15) is 6.10 Å². The summed E-state index contributed by atoms with van der Waals surface area (Å²) in [5, 5.41) is 17.3. The van der Waals surface area contributed by atoms with Crippen molar-refractivity contribution in [3.05, 3.63) is 18.0 Å². The number of ether oxygens (including phenoxy) is 1. The zero-order valence-electron chi connectivity index (χ0n) is 15.4. The molecule has 7 heteroatoms. The van der Waals surface area contributed by atoms with Crippen molar-refractivity contribution in [3.8, 4) is 0 Å². The quantitative estimate of drug-likeness (QED) is 0.619. The van der Waals surface area contributed by atoms with Crippen molar-refractivity contribution in [1.82, 2.24) is 20.0 Å². The van der Waals surface area contributed by atoms with Gasteiger partial charge in [0.2, 0.25) is 0 Å². The standard InChI is InChI=1S/C18H31N5O2/c1-19-17(20-14-18(7-9-24)5-3-4-6-18)23-8-10-25-16(13-23)15-11-21-22(2)12-15/h11-12,16,24H,3-10,13-14H2,1-2H3,(H,19,20). The van der Waals surface area contributed by atoms with Gasteiger partial charge in [-0.15, -0.1) is 0 Å². The molecule has 2 N–H and O–H groups in total. The monoisotopic (exact) mass is 349 g/mol. The zero-order valence-corrected chi connectivity index (χ0v) is 15.4. The van der Waals surface area contributed by atoms with Crippen LogP contribution >= 0.6 is 0 Å². The molecule has 1 aromatic rings. The van der Waals surface area contributed by atoms with E-state index in [4.69, 9.17) is 4.74 Å². The molecule has 0 bridgehead atoms. The smallest absolute Gasteiger partial charge is 0.193 e. The highest BCUT2D eigenvalue weighted by Gasteiger charge is 2.34. The third-order valence-corrected chi connectivity index (χ3v) is 5.60. The van der Waals surface area contributed by atoms with Crippen LogP contribution in [-0.2, 0) is 11.8 Å². The average molecular weight is 349 g/mol. The van der Waals surface area contributed by atoms with E-state index in [0.717, 1.165) is 37.6 Å². The highest BCUT2D eigenvalue weighted by molar-refractivity contribution is 5.80. The Balaban J connectivity index is 1.60. The molecule has 0 spiro atoms. The van der Waals surface area contributed by atoms with Crippen LogP contribution in [0.3, 0.4) is 0 Å². The van der Waals surface area contributed by atoms with Gasteiger partial charge in [0, 0.05) is 45.6 Å². The number of aliphatic imine (C=N–C) groups is 1. The molecule has 2 heterocycles. The fraction of sp³-hybridized carbons (Fsp3) is 0.778. The Bertz CT molecular complexity index is 580. The molecule has 1 saturated heterocycles. The second-order valence-electron chi connectivity index (χ2n) is 7.33. The molecule has 7 nitrogen and oxygen atoms in total. The average Bonchev–Trinajstić information content (AvgIpc) is 3.26. The lowest BCUT2D eigenvalue weighted by Gasteiger charge is -2.36. The van der Waals surface area contributed by atoms with Crippen molar-refractivity contribution in [2.45, 2.75) is 38.2 Å². The molecular formula is C18H31N5O2. The molecule has 3 rings (SSSR count). The second kappa shape index (κ2) is 8.19. The Kier molecular flexibility index (Phi) is 5.96. The van der Waals surface area contributed by atoms with Gasteiger partial charge in [-0.05, 0) is 24.7 Å². The number of nitrogens with zero attached hydrogens (tertiary/aromatic N) is 4. The number of rotatable bonds is 5. The zero-order chi connectivity index (χ0) is 17.7. The third kappa shape index (κ3) is 4.33. The fourth-order valence-corrected chi connectivity index (χ4v) is 4.13. The van der Waals surface area contributed by atoms with Crippen molar-refractivity contribution in [2.24, 2.45) is 17.5 Å². The van der Waals surface area contributed by atoms with Crippen molar-refractivity contribution in [2.75, 3.05) is 39.9 Å². The summed E-state index contributed by atoms with van der Waals surface area (Å²) in [5.74, 6) is 0.932. The first kappa shape index (κ1) is 18.2. The molecule has 1 aliphatic carbocycles. The van der Waals surface area contributed by atoms with Crippen molar-refractivity contribution in [3.63, 3.8) is 0 Å². The molecule has 2 fully saturated rings. The topological polar surface area (TPSA) is 74.9 Å².